The molecule has 0 aromatic rings. The standard InChI is InChI=1S/C19H35BO2/c1-8-16(2,3)14-9-11-19(12-10-14)13-15(19)20-21-17(4,5)18(6,7)22-20/h14-15H,8-13H2,1-7H3. The van der Waals surface area contributed by atoms with E-state index in [1.165, 1.54) is 38.5 Å². The van der Waals surface area contributed by atoms with E-state index in [1.54, 1.807) is 0 Å². The predicted octanol–water partition coefficient (Wildman–Crippen LogP) is 5.47. The van der Waals surface area contributed by atoms with Gasteiger partial charge in [0, 0.05) is 5.82 Å². The van der Waals surface area contributed by atoms with E-state index in [4.69, 9.17) is 9.31 Å². The molecule has 1 aliphatic heterocycles. The smallest absolute Gasteiger partial charge is 0.403 e. The average Bonchev–Trinajstić information content (AvgIpc) is 3.05. The summed E-state index contributed by atoms with van der Waals surface area (Å²) in [5, 5.41) is 0. The molecule has 2 saturated carbocycles. The molecule has 3 fully saturated rings. The normalized spacial score (nSPS) is 40.2. The topological polar surface area (TPSA) is 18.5 Å². The SMILES string of the molecule is CCC(C)(C)C1CCC2(CC1)CC2B1OC(C)(C)C(C)(C)O1. The van der Waals surface area contributed by atoms with Gasteiger partial charge in [-0.1, -0.05) is 27.2 Å². The lowest BCUT2D eigenvalue weighted by Crippen LogP contribution is -2.41. The van der Waals surface area contributed by atoms with Crippen LogP contribution in [0.1, 0.15) is 87.0 Å². The van der Waals surface area contributed by atoms with Crippen LogP contribution >= 0.6 is 0 Å². The summed E-state index contributed by atoms with van der Waals surface area (Å²) < 4.78 is 12.6. The molecule has 0 N–H and O–H groups in total. The first kappa shape index (κ1) is 16.8. The molecule has 3 rings (SSSR count). The Morgan fingerprint density at radius 3 is 1.95 bits per heavy atom. The molecule has 0 bridgehead atoms. The summed E-state index contributed by atoms with van der Waals surface area (Å²) >= 11 is 0. The van der Waals surface area contributed by atoms with Gasteiger partial charge in [-0.3, -0.25) is 0 Å². The first-order valence-corrected chi connectivity index (χ1v) is 9.39. The van der Waals surface area contributed by atoms with Crippen molar-refractivity contribution in [3.05, 3.63) is 0 Å². The lowest BCUT2D eigenvalue weighted by molar-refractivity contribution is 0.00578. The van der Waals surface area contributed by atoms with Crippen LogP contribution in [0.5, 0.6) is 0 Å². The molecule has 126 valence electrons. The van der Waals surface area contributed by atoms with E-state index in [-0.39, 0.29) is 18.3 Å². The molecule has 0 aromatic heterocycles. The maximum Gasteiger partial charge on any atom is 0.461 e. The number of rotatable bonds is 3. The predicted molar refractivity (Wildman–Crippen MR) is 92.9 cm³/mol. The van der Waals surface area contributed by atoms with Crippen molar-refractivity contribution in [2.45, 2.75) is 104 Å². The van der Waals surface area contributed by atoms with E-state index in [1.807, 2.05) is 0 Å². The highest BCUT2D eigenvalue weighted by Gasteiger charge is 2.66. The Hall–Kier alpha value is -0.0151. The molecule has 3 aliphatic rings. The monoisotopic (exact) mass is 306 g/mol. The molecule has 1 saturated heterocycles. The van der Waals surface area contributed by atoms with Crippen molar-refractivity contribution in [1.82, 2.24) is 0 Å². The van der Waals surface area contributed by atoms with E-state index >= 15 is 0 Å². The van der Waals surface area contributed by atoms with Crippen molar-refractivity contribution >= 4 is 7.12 Å². The average molecular weight is 306 g/mol. The van der Waals surface area contributed by atoms with Crippen LogP contribution in [0.15, 0.2) is 0 Å². The minimum Gasteiger partial charge on any atom is -0.403 e. The van der Waals surface area contributed by atoms with Crippen LogP contribution in [0, 0.1) is 16.7 Å². The third-order valence-corrected chi connectivity index (χ3v) is 7.85. The van der Waals surface area contributed by atoms with E-state index < -0.39 is 0 Å². The second-order valence-corrected chi connectivity index (χ2v) is 9.91. The molecule has 0 amide bonds. The summed E-state index contributed by atoms with van der Waals surface area (Å²) in [6.07, 6.45) is 8.19. The van der Waals surface area contributed by atoms with Crippen molar-refractivity contribution in [2.75, 3.05) is 0 Å². The Kier molecular flexibility index (Phi) is 3.82. The van der Waals surface area contributed by atoms with Gasteiger partial charge in [-0.2, -0.15) is 0 Å². The largest absolute Gasteiger partial charge is 0.461 e. The summed E-state index contributed by atoms with van der Waals surface area (Å²) in [6.45, 7) is 15.9. The molecule has 1 unspecified atom stereocenters. The fourth-order valence-corrected chi connectivity index (χ4v) is 4.65. The van der Waals surface area contributed by atoms with Crippen molar-refractivity contribution in [3.63, 3.8) is 0 Å². The fourth-order valence-electron chi connectivity index (χ4n) is 4.65. The van der Waals surface area contributed by atoms with Crippen molar-refractivity contribution in [2.24, 2.45) is 16.7 Å². The lowest BCUT2D eigenvalue weighted by Gasteiger charge is -2.39. The molecule has 2 nitrogen and oxygen atoms in total. The fraction of sp³-hybridized carbons (Fsp3) is 1.00. The van der Waals surface area contributed by atoms with E-state index in [2.05, 4.69) is 48.5 Å². The highest BCUT2D eigenvalue weighted by Crippen LogP contribution is 2.70. The molecule has 3 heteroatoms. The van der Waals surface area contributed by atoms with Gasteiger partial charge in [-0.25, -0.2) is 0 Å². The maximum absolute atomic E-state index is 6.31. The molecular weight excluding hydrogens is 271 g/mol. The van der Waals surface area contributed by atoms with Gasteiger partial charge < -0.3 is 9.31 Å². The zero-order chi connectivity index (χ0) is 16.4. The number of hydrogen-bond acceptors (Lipinski definition) is 2. The second kappa shape index (κ2) is 4.99. The minimum absolute atomic E-state index is 0.0285. The maximum atomic E-state index is 6.31. The highest BCUT2D eigenvalue weighted by atomic mass is 16.7. The Bertz CT molecular complexity index is 417. The van der Waals surface area contributed by atoms with Crippen LogP contribution in [-0.2, 0) is 9.31 Å². The van der Waals surface area contributed by atoms with Crippen molar-refractivity contribution < 1.29 is 9.31 Å². The first-order valence-electron chi connectivity index (χ1n) is 9.39. The van der Waals surface area contributed by atoms with Gasteiger partial charge in [0.2, 0.25) is 0 Å². The van der Waals surface area contributed by atoms with Crippen LogP contribution in [-0.4, -0.2) is 18.3 Å². The van der Waals surface area contributed by atoms with E-state index in [9.17, 15) is 0 Å². The summed E-state index contributed by atoms with van der Waals surface area (Å²) in [5.74, 6) is 1.54. The van der Waals surface area contributed by atoms with Gasteiger partial charge in [0.15, 0.2) is 0 Å². The Balaban J connectivity index is 1.60. The van der Waals surface area contributed by atoms with Gasteiger partial charge in [0.05, 0.1) is 11.2 Å². The summed E-state index contributed by atoms with van der Waals surface area (Å²) in [4.78, 5) is 0. The first-order chi connectivity index (χ1) is 10.0. The third-order valence-electron chi connectivity index (χ3n) is 7.85. The van der Waals surface area contributed by atoms with Crippen molar-refractivity contribution in [3.8, 4) is 0 Å². The van der Waals surface area contributed by atoms with Gasteiger partial charge >= 0.3 is 7.12 Å². The minimum atomic E-state index is -0.178. The zero-order valence-corrected chi connectivity index (χ0v) is 15.8. The number of hydrogen-bond donors (Lipinski definition) is 0. The van der Waals surface area contributed by atoms with Crippen LogP contribution in [0.4, 0.5) is 0 Å². The summed E-state index contributed by atoms with van der Waals surface area (Å²) in [6, 6.07) is 0. The van der Waals surface area contributed by atoms with Crippen LogP contribution < -0.4 is 0 Å². The highest BCUT2D eigenvalue weighted by molar-refractivity contribution is 6.49. The van der Waals surface area contributed by atoms with Gasteiger partial charge in [0.25, 0.3) is 0 Å². The summed E-state index contributed by atoms with van der Waals surface area (Å²) in [7, 11) is 0.0285. The molecule has 1 heterocycles. The van der Waals surface area contributed by atoms with Crippen LogP contribution in [0.25, 0.3) is 0 Å². The van der Waals surface area contributed by atoms with Crippen LogP contribution in [0.3, 0.4) is 0 Å². The third kappa shape index (κ3) is 2.57. The Morgan fingerprint density at radius 2 is 1.50 bits per heavy atom. The molecule has 0 radical (unpaired) electrons. The van der Waals surface area contributed by atoms with Gasteiger partial charge in [-0.15, -0.1) is 0 Å². The molecule has 1 spiro atoms. The molecule has 2 aliphatic carbocycles. The van der Waals surface area contributed by atoms with Gasteiger partial charge in [-0.05, 0) is 76.5 Å². The Labute approximate surface area is 137 Å². The van der Waals surface area contributed by atoms with E-state index in [0.717, 1.165) is 5.92 Å². The molecule has 22 heavy (non-hydrogen) atoms. The van der Waals surface area contributed by atoms with Gasteiger partial charge in [0.1, 0.15) is 0 Å². The van der Waals surface area contributed by atoms with Crippen LogP contribution in [0.2, 0.25) is 5.82 Å². The zero-order valence-electron chi connectivity index (χ0n) is 15.8. The second-order valence-electron chi connectivity index (χ2n) is 9.91. The Morgan fingerprint density at radius 1 is 1.00 bits per heavy atom. The van der Waals surface area contributed by atoms with E-state index in [0.29, 0.717) is 16.6 Å². The molecular formula is C19H35BO2. The van der Waals surface area contributed by atoms with Crippen molar-refractivity contribution in [1.29, 1.82) is 0 Å². The molecule has 1 atom stereocenters. The summed E-state index contributed by atoms with van der Waals surface area (Å²) in [5.41, 5.74) is 0.698. The molecule has 0 aromatic carbocycles. The lowest BCUT2D eigenvalue weighted by atomic mass is 9.64. The quantitative estimate of drug-likeness (QED) is 0.644.